The topological polar surface area (TPSA) is 17.8 Å². The Hall–Kier alpha value is -4.91. The lowest BCUT2D eigenvalue weighted by Crippen LogP contribution is -1.97. The molecule has 6 heteroatoms. The summed E-state index contributed by atoms with van der Waals surface area (Å²) in [6, 6.07) is 39.5. The number of thiophene rings is 2. The Balaban J connectivity index is 1.29. The van der Waals surface area contributed by atoms with E-state index in [-0.39, 0.29) is 0 Å². The number of nitrogens with zero attached hydrogens (tertiary/aromatic N) is 2. The lowest BCUT2D eigenvalue weighted by molar-refractivity contribution is 0.584. The fraction of sp³-hybridized carbons (Fsp3) is 0. The molecule has 0 unspecified atom stereocenters. The molecule has 0 saturated heterocycles. The minimum Gasteiger partial charge on any atom is -0.292 e. The molecule has 3 heterocycles. The van der Waals surface area contributed by atoms with E-state index in [9.17, 15) is 8.78 Å². The molecule has 0 aliphatic rings. The first-order valence-corrected chi connectivity index (χ1v) is 15.6. The molecular weight excluding hydrogens is 575 g/mol. The van der Waals surface area contributed by atoms with E-state index in [0.29, 0.717) is 5.56 Å². The van der Waals surface area contributed by atoms with Gasteiger partial charge in [-0.05, 0) is 77.9 Å². The zero-order chi connectivity index (χ0) is 28.7. The maximum atomic E-state index is 14.0. The van der Waals surface area contributed by atoms with Crippen molar-refractivity contribution >= 4 is 74.1 Å². The van der Waals surface area contributed by atoms with Gasteiger partial charge in [0.05, 0.1) is 11.0 Å². The highest BCUT2D eigenvalue weighted by molar-refractivity contribution is 7.26. The number of imidazole rings is 1. The maximum Gasteiger partial charge on any atom is 0.147 e. The van der Waals surface area contributed by atoms with E-state index < -0.39 is 11.6 Å². The van der Waals surface area contributed by atoms with Crippen LogP contribution in [0.5, 0.6) is 0 Å². The van der Waals surface area contributed by atoms with Gasteiger partial charge in [0, 0.05) is 57.7 Å². The molecule has 2 nitrogen and oxygen atoms in total. The van der Waals surface area contributed by atoms with Gasteiger partial charge in [0.2, 0.25) is 0 Å². The summed E-state index contributed by atoms with van der Waals surface area (Å²) in [4.78, 5) is 5.18. The predicted octanol–water partition coefficient (Wildman–Crippen LogP) is 11.4. The van der Waals surface area contributed by atoms with Crippen LogP contribution in [0.1, 0.15) is 0 Å². The summed E-state index contributed by atoms with van der Waals surface area (Å²) in [6.07, 6.45) is 0. The summed E-state index contributed by atoms with van der Waals surface area (Å²) in [5.74, 6) is -0.287. The second-order valence-corrected chi connectivity index (χ2v) is 12.8. The average molecular weight is 595 g/mol. The molecule has 0 amide bonds. The van der Waals surface area contributed by atoms with Crippen molar-refractivity contribution in [3.8, 4) is 28.2 Å². The van der Waals surface area contributed by atoms with E-state index in [1.165, 1.54) is 32.3 Å². The molecule has 0 saturated carbocycles. The van der Waals surface area contributed by atoms with Gasteiger partial charge in [0.25, 0.3) is 0 Å². The highest BCUT2D eigenvalue weighted by Crippen LogP contribution is 2.43. The van der Waals surface area contributed by atoms with Gasteiger partial charge < -0.3 is 0 Å². The number of aromatic nitrogens is 2. The molecule has 0 spiro atoms. The van der Waals surface area contributed by atoms with Crippen LogP contribution in [-0.2, 0) is 0 Å². The van der Waals surface area contributed by atoms with Crippen LogP contribution in [0.25, 0.3) is 79.6 Å². The van der Waals surface area contributed by atoms with Crippen molar-refractivity contribution in [1.82, 2.24) is 9.55 Å². The van der Waals surface area contributed by atoms with Gasteiger partial charge in [0.1, 0.15) is 17.5 Å². The summed E-state index contributed by atoms with van der Waals surface area (Å²) in [6.45, 7) is 0. The van der Waals surface area contributed by atoms with Crippen LogP contribution < -0.4 is 0 Å². The van der Waals surface area contributed by atoms with Crippen molar-refractivity contribution < 1.29 is 8.78 Å². The van der Waals surface area contributed by atoms with Crippen LogP contribution in [-0.4, -0.2) is 9.55 Å². The van der Waals surface area contributed by atoms with E-state index in [1.807, 2.05) is 35.6 Å². The third kappa shape index (κ3) is 3.84. The summed E-state index contributed by atoms with van der Waals surface area (Å²) < 4.78 is 35.1. The van der Waals surface area contributed by atoms with Gasteiger partial charge in [-0.2, -0.15) is 0 Å². The van der Waals surface area contributed by atoms with Crippen molar-refractivity contribution in [2.24, 2.45) is 0 Å². The molecule has 0 aliphatic heterocycles. The second kappa shape index (κ2) is 9.30. The van der Waals surface area contributed by atoms with E-state index in [0.717, 1.165) is 59.9 Å². The number of para-hydroxylation sites is 2. The average Bonchev–Trinajstić information content (AvgIpc) is 3.71. The minimum atomic E-state index is -0.583. The van der Waals surface area contributed by atoms with E-state index in [4.69, 9.17) is 4.98 Å². The summed E-state index contributed by atoms with van der Waals surface area (Å²) in [5.41, 5.74) is 5.38. The quantitative estimate of drug-likeness (QED) is 0.199. The van der Waals surface area contributed by atoms with Crippen molar-refractivity contribution in [1.29, 1.82) is 0 Å². The van der Waals surface area contributed by atoms with E-state index in [1.54, 1.807) is 11.3 Å². The smallest absolute Gasteiger partial charge is 0.147 e. The SMILES string of the molecule is Fc1cc(F)cc(-c2ccc3sc4c(-c5nc6ccccc6n5-c5ccc6sc7ccccc7c6c5)cccc4c3c2)c1. The minimum absolute atomic E-state index is 0.521. The maximum absolute atomic E-state index is 14.0. The number of benzene rings is 6. The van der Waals surface area contributed by atoms with E-state index in [2.05, 4.69) is 83.4 Å². The molecule has 9 aromatic rings. The monoisotopic (exact) mass is 594 g/mol. The van der Waals surface area contributed by atoms with Gasteiger partial charge in [0.15, 0.2) is 0 Å². The molecule has 3 aromatic heterocycles. The van der Waals surface area contributed by atoms with Crippen LogP contribution in [0.2, 0.25) is 0 Å². The second-order valence-electron chi connectivity index (χ2n) is 10.7. The van der Waals surface area contributed by atoms with Crippen LogP contribution in [0.3, 0.4) is 0 Å². The lowest BCUT2D eigenvalue weighted by atomic mass is 10.0. The largest absolute Gasteiger partial charge is 0.292 e. The molecule has 0 aliphatic carbocycles. The fourth-order valence-electron chi connectivity index (χ4n) is 6.20. The summed E-state index contributed by atoms with van der Waals surface area (Å²) in [7, 11) is 0. The molecule has 9 rings (SSSR count). The highest BCUT2D eigenvalue weighted by Gasteiger charge is 2.19. The number of fused-ring (bicyclic) bond motifs is 7. The molecule has 0 radical (unpaired) electrons. The molecule has 0 fully saturated rings. The zero-order valence-electron chi connectivity index (χ0n) is 22.5. The first-order valence-electron chi connectivity index (χ1n) is 13.9. The molecule has 6 aromatic carbocycles. The Morgan fingerprint density at radius 2 is 1.26 bits per heavy atom. The van der Waals surface area contributed by atoms with Crippen LogP contribution in [0, 0.1) is 11.6 Å². The van der Waals surface area contributed by atoms with E-state index >= 15 is 0 Å². The zero-order valence-corrected chi connectivity index (χ0v) is 24.1. The number of halogens is 2. The van der Waals surface area contributed by atoms with Crippen LogP contribution in [0.4, 0.5) is 8.78 Å². The number of rotatable bonds is 3. The van der Waals surface area contributed by atoms with Crippen molar-refractivity contribution in [3.05, 3.63) is 133 Å². The van der Waals surface area contributed by atoms with Crippen LogP contribution >= 0.6 is 22.7 Å². The molecular formula is C37H20F2N2S2. The van der Waals surface area contributed by atoms with Gasteiger partial charge in [-0.3, -0.25) is 4.57 Å². The van der Waals surface area contributed by atoms with Gasteiger partial charge >= 0.3 is 0 Å². The first-order chi connectivity index (χ1) is 21.1. The predicted molar refractivity (Wildman–Crippen MR) is 178 cm³/mol. The summed E-state index contributed by atoms with van der Waals surface area (Å²) >= 11 is 3.53. The van der Waals surface area contributed by atoms with Gasteiger partial charge in [-0.1, -0.05) is 48.5 Å². The Morgan fingerprint density at radius 3 is 2.16 bits per heavy atom. The standard InChI is InChI=1S/C37H20F2N2S2/c38-23-16-22(17-24(39)19-23)21-12-14-35-29(18-21)27-7-5-8-28(36(27)43-35)37-40-31-9-2-3-10-32(31)41(37)25-13-15-34-30(20-25)26-6-1-4-11-33(26)42-34/h1-20H. The van der Waals surface area contributed by atoms with Crippen LogP contribution in [0.15, 0.2) is 121 Å². The molecule has 0 atom stereocenters. The lowest BCUT2D eigenvalue weighted by Gasteiger charge is -2.11. The van der Waals surface area contributed by atoms with Gasteiger partial charge in [-0.25, -0.2) is 13.8 Å². The third-order valence-corrected chi connectivity index (χ3v) is 10.5. The Bertz CT molecular complexity index is 2530. The van der Waals surface area contributed by atoms with Gasteiger partial charge in [-0.15, -0.1) is 22.7 Å². The fourth-order valence-corrected chi connectivity index (χ4v) is 8.47. The highest BCUT2D eigenvalue weighted by atomic mass is 32.1. The molecule has 0 N–H and O–H groups in total. The number of hydrogen-bond donors (Lipinski definition) is 0. The Kier molecular flexibility index (Phi) is 5.33. The number of hydrogen-bond acceptors (Lipinski definition) is 3. The molecule has 0 bridgehead atoms. The van der Waals surface area contributed by atoms with Crippen molar-refractivity contribution in [3.63, 3.8) is 0 Å². The summed E-state index contributed by atoms with van der Waals surface area (Å²) in [5, 5.41) is 4.64. The van der Waals surface area contributed by atoms with Crippen molar-refractivity contribution in [2.45, 2.75) is 0 Å². The first kappa shape index (κ1) is 24.7. The van der Waals surface area contributed by atoms with Crippen molar-refractivity contribution in [2.75, 3.05) is 0 Å². The Morgan fingerprint density at radius 1 is 0.535 bits per heavy atom. The normalized spacial score (nSPS) is 12.0. The third-order valence-electron chi connectivity index (χ3n) is 8.11. The molecule has 204 valence electrons. The molecule has 43 heavy (non-hydrogen) atoms. The Labute approximate surface area is 252 Å².